The number of pyridine rings is 1. The van der Waals surface area contributed by atoms with Crippen molar-refractivity contribution in [3.05, 3.63) is 17.3 Å². The molecule has 0 amide bonds. The number of thioether (sulfide) groups is 1. The van der Waals surface area contributed by atoms with E-state index in [0.29, 0.717) is 10.8 Å². The van der Waals surface area contributed by atoms with Crippen LogP contribution in [0.5, 0.6) is 0 Å². The molecule has 0 bridgehead atoms. The molecular weight excluding hydrogens is 230 g/mol. The Bertz CT molecular complexity index is 337. The molecule has 1 aliphatic heterocycles. The molecule has 1 aromatic rings. The highest BCUT2D eigenvalue weighted by atomic mass is 35.5. The number of aromatic nitrogens is 1. The molecule has 82 valence electrons. The number of halogens is 1. The van der Waals surface area contributed by atoms with Gasteiger partial charge in [0.25, 0.3) is 0 Å². The normalized spacial score (nSPS) is 17.5. The van der Waals surface area contributed by atoms with Crippen LogP contribution in [0.4, 0.5) is 11.5 Å². The molecule has 5 heteroatoms. The first kappa shape index (κ1) is 10.9. The van der Waals surface area contributed by atoms with Gasteiger partial charge in [0.15, 0.2) is 5.82 Å². The Morgan fingerprint density at radius 2 is 2.20 bits per heavy atom. The number of nitrogens with zero attached hydrogens (tertiary/aromatic N) is 2. The lowest BCUT2D eigenvalue weighted by Crippen LogP contribution is -2.27. The van der Waals surface area contributed by atoms with Crippen molar-refractivity contribution in [1.82, 2.24) is 4.98 Å². The van der Waals surface area contributed by atoms with Crippen molar-refractivity contribution < 1.29 is 0 Å². The first-order chi connectivity index (χ1) is 7.27. The summed E-state index contributed by atoms with van der Waals surface area (Å²) in [5, 5.41) is 0.510. The van der Waals surface area contributed by atoms with Gasteiger partial charge in [0.2, 0.25) is 0 Å². The minimum atomic E-state index is 0.510. The van der Waals surface area contributed by atoms with Gasteiger partial charge in [-0.3, -0.25) is 0 Å². The number of hydrogen-bond acceptors (Lipinski definition) is 4. The monoisotopic (exact) mass is 243 g/mol. The van der Waals surface area contributed by atoms with Crippen LogP contribution in [-0.4, -0.2) is 29.6 Å². The first-order valence-electron chi connectivity index (χ1n) is 5.02. The number of nitrogens with two attached hydrogens (primary N) is 1. The van der Waals surface area contributed by atoms with Crippen LogP contribution >= 0.6 is 23.4 Å². The fourth-order valence-electron chi connectivity index (χ4n) is 1.65. The second kappa shape index (κ2) is 4.94. The lowest BCUT2D eigenvalue weighted by molar-refractivity contribution is 0.803. The summed E-state index contributed by atoms with van der Waals surface area (Å²) in [6.45, 7) is 2.02. The summed E-state index contributed by atoms with van der Waals surface area (Å²) in [6.07, 6.45) is 1.18. The van der Waals surface area contributed by atoms with Gasteiger partial charge in [0, 0.05) is 18.8 Å². The van der Waals surface area contributed by atoms with Crippen molar-refractivity contribution in [2.45, 2.75) is 6.42 Å². The van der Waals surface area contributed by atoms with E-state index in [1.165, 1.54) is 12.2 Å². The van der Waals surface area contributed by atoms with Crippen LogP contribution in [0.15, 0.2) is 12.1 Å². The molecule has 0 unspecified atom stereocenters. The van der Waals surface area contributed by atoms with Gasteiger partial charge in [-0.05, 0) is 24.3 Å². The Morgan fingerprint density at radius 3 is 3.07 bits per heavy atom. The van der Waals surface area contributed by atoms with E-state index >= 15 is 0 Å². The molecule has 0 aliphatic carbocycles. The molecule has 1 aromatic heterocycles. The van der Waals surface area contributed by atoms with Crippen molar-refractivity contribution >= 4 is 34.9 Å². The maximum Gasteiger partial charge on any atom is 0.153 e. The second-order valence-corrected chi connectivity index (χ2v) is 5.11. The van der Waals surface area contributed by atoms with Gasteiger partial charge in [-0.2, -0.15) is 11.8 Å². The van der Waals surface area contributed by atoms with Crippen LogP contribution in [0.2, 0.25) is 5.15 Å². The Kier molecular flexibility index (Phi) is 3.59. The highest BCUT2D eigenvalue weighted by Crippen LogP contribution is 2.24. The fraction of sp³-hybridized carbons (Fsp3) is 0.500. The molecule has 1 saturated heterocycles. The molecular formula is C10H14ClN3S. The third kappa shape index (κ3) is 2.69. The third-order valence-electron chi connectivity index (χ3n) is 2.39. The smallest absolute Gasteiger partial charge is 0.153 e. The Hall–Kier alpha value is -0.610. The van der Waals surface area contributed by atoms with Gasteiger partial charge in [0.05, 0.1) is 5.69 Å². The highest BCUT2D eigenvalue weighted by Gasteiger charge is 2.14. The molecule has 1 aliphatic rings. The van der Waals surface area contributed by atoms with Crippen LogP contribution in [0.3, 0.4) is 0 Å². The van der Waals surface area contributed by atoms with Gasteiger partial charge in [-0.15, -0.1) is 0 Å². The lowest BCUT2D eigenvalue weighted by Gasteiger charge is -2.22. The Labute approximate surface area is 99.0 Å². The van der Waals surface area contributed by atoms with Gasteiger partial charge in [-0.25, -0.2) is 4.98 Å². The van der Waals surface area contributed by atoms with E-state index in [4.69, 9.17) is 17.3 Å². The topological polar surface area (TPSA) is 42.1 Å². The summed E-state index contributed by atoms with van der Waals surface area (Å²) in [5.41, 5.74) is 6.62. The van der Waals surface area contributed by atoms with Crippen molar-refractivity contribution in [3.8, 4) is 0 Å². The zero-order valence-electron chi connectivity index (χ0n) is 8.45. The third-order valence-corrected chi connectivity index (χ3v) is 3.65. The van der Waals surface area contributed by atoms with Crippen molar-refractivity contribution in [1.29, 1.82) is 0 Å². The van der Waals surface area contributed by atoms with E-state index in [2.05, 4.69) is 9.88 Å². The number of rotatable bonds is 1. The van der Waals surface area contributed by atoms with Crippen molar-refractivity contribution in [2.24, 2.45) is 0 Å². The number of anilines is 2. The number of hydrogen-bond donors (Lipinski definition) is 1. The van der Waals surface area contributed by atoms with Gasteiger partial charge in [0.1, 0.15) is 5.15 Å². The average molecular weight is 244 g/mol. The van der Waals surface area contributed by atoms with Crippen LogP contribution < -0.4 is 10.6 Å². The standard InChI is InChI=1S/C10H14ClN3S/c11-9-3-2-8(12)10(13-9)14-4-1-6-15-7-5-14/h2-3H,1,4-7,12H2. The summed E-state index contributed by atoms with van der Waals surface area (Å²) in [4.78, 5) is 6.52. The molecule has 0 aromatic carbocycles. The van der Waals surface area contributed by atoms with E-state index in [-0.39, 0.29) is 0 Å². The van der Waals surface area contributed by atoms with Crippen LogP contribution in [0.25, 0.3) is 0 Å². The SMILES string of the molecule is Nc1ccc(Cl)nc1N1CCCSCC1. The predicted molar refractivity (Wildman–Crippen MR) is 67.8 cm³/mol. The van der Waals surface area contributed by atoms with Gasteiger partial charge in [-0.1, -0.05) is 11.6 Å². The first-order valence-corrected chi connectivity index (χ1v) is 6.55. The average Bonchev–Trinajstić information content (AvgIpc) is 2.50. The zero-order chi connectivity index (χ0) is 10.7. The highest BCUT2D eigenvalue weighted by molar-refractivity contribution is 7.99. The van der Waals surface area contributed by atoms with E-state index in [0.717, 1.165) is 24.7 Å². The second-order valence-electron chi connectivity index (χ2n) is 3.50. The molecule has 2 rings (SSSR count). The maximum absolute atomic E-state index is 5.90. The molecule has 0 atom stereocenters. The largest absolute Gasteiger partial charge is 0.396 e. The van der Waals surface area contributed by atoms with Gasteiger partial charge < -0.3 is 10.6 Å². The predicted octanol–water partition coefficient (Wildman–Crippen LogP) is 2.26. The maximum atomic E-state index is 5.90. The molecule has 15 heavy (non-hydrogen) atoms. The molecule has 2 heterocycles. The summed E-state index contributed by atoms with van der Waals surface area (Å²) in [6, 6.07) is 3.55. The molecule has 3 nitrogen and oxygen atoms in total. The summed E-state index contributed by atoms with van der Waals surface area (Å²) in [7, 11) is 0. The van der Waals surface area contributed by atoms with Crippen LogP contribution in [-0.2, 0) is 0 Å². The fourth-order valence-corrected chi connectivity index (χ4v) is 2.68. The summed E-state index contributed by atoms with van der Waals surface area (Å²) < 4.78 is 0. The lowest BCUT2D eigenvalue weighted by atomic mass is 10.3. The minimum absolute atomic E-state index is 0.510. The Balaban J connectivity index is 2.22. The van der Waals surface area contributed by atoms with E-state index in [9.17, 15) is 0 Å². The van der Waals surface area contributed by atoms with Crippen LogP contribution in [0.1, 0.15) is 6.42 Å². The zero-order valence-corrected chi connectivity index (χ0v) is 10.0. The molecule has 2 N–H and O–H groups in total. The van der Waals surface area contributed by atoms with Crippen molar-refractivity contribution in [2.75, 3.05) is 35.2 Å². The quantitative estimate of drug-likeness (QED) is 0.769. The van der Waals surface area contributed by atoms with Crippen molar-refractivity contribution in [3.63, 3.8) is 0 Å². The van der Waals surface area contributed by atoms with Gasteiger partial charge >= 0.3 is 0 Å². The molecule has 1 fully saturated rings. The molecule has 0 saturated carbocycles. The van der Waals surface area contributed by atoms with E-state index in [1.54, 1.807) is 6.07 Å². The van der Waals surface area contributed by atoms with Crippen LogP contribution in [0, 0.1) is 0 Å². The molecule has 0 spiro atoms. The summed E-state index contributed by atoms with van der Waals surface area (Å²) in [5.74, 6) is 3.19. The minimum Gasteiger partial charge on any atom is -0.396 e. The van der Waals surface area contributed by atoms with E-state index in [1.807, 2.05) is 17.8 Å². The molecule has 0 radical (unpaired) electrons. The number of nitrogen functional groups attached to an aromatic ring is 1. The van der Waals surface area contributed by atoms with E-state index < -0.39 is 0 Å². The summed E-state index contributed by atoms with van der Waals surface area (Å²) >= 11 is 7.86. The Morgan fingerprint density at radius 1 is 1.33 bits per heavy atom.